The number of aryl methyl sites for hydroxylation is 1. The van der Waals surface area contributed by atoms with E-state index in [-0.39, 0.29) is 67.2 Å². The quantitative estimate of drug-likeness (QED) is 0.338. The molecule has 2 amide bonds. The molecule has 0 aromatic carbocycles. The van der Waals surface area contributed by atoms with E-state index >= 15 is 0 Å². The molecule has 4 heterocycles. The van der Waals surface area contributed by atoms with Gasteiger partial charge in [0, 0.05) is 45.8 Å². The minimum Gasteiger partial charge on any atom is -0.504 e. The predicted octanol–water partition coefficient (Wildman–Crippen LogP) is 1.52. The highest BCUT2D eigenvalue weighted by Crippen LogP contribution is 2.75. The number of alkyl halides is 5. The molecule has 3 saturated carbocycles. The minimum absolute atomic E-state index is 0.0514. The molecule has 0 unspecified atom stereocenters. The fourth-order valence-electron chi connectivity index (χ4n) is 7.05. The van der Waals surface area contributed by atoms with Crippen molar-refractivity contribution in [2.24, 2.45) is 5.41 Å². The molecule has 47 heavy (non-hydrogen) atoms. The van der Waals surface area contributed by atoms with Crippen molar-refractivity contribution >= 4 is 29.2 Å². The van der Waals surface area contributed by atoms with Gasteiger partial charge >= 0.3 is 12.1 Å². The van der Waals surface area contributed by atoms with Crippen molar-refractivity contribution in [3.63, 3.8) is 0 Å². The molecule has 254 valence electrons. The molecule has 0 radical (unpaired) electrons. The first-order chi connectivity index (χ1) is 21.9. The number of aromatic hydroxyl groups is 1. The number of halogens is 5. The molecule has 0 atom stereocenters. The summed E-state index contributed by atoms with van der Waals surface area (Å²) in [6, 6.07) is 0. The second-order valence-corrected chi connectivity index (χ2v) is 12.7. The smallest absolute Gasteiger partial charge is 0.453 e. The zero-order valence-corrected chi connectivity index (χ0v) is 26.0. The van der Waals surface area contributed by atoms with Gasteiger partial charge in [-0.3, -0.25) is 14.4 Å². The van der Waals surface area contributed by atoms with E-state index in [1.54, 1.807) is 37.7 Å². The molecular formula is C28H33F5N10O4. The van der Waals surface area contributed by atoms with Gasteiger partial charge < -0.3 is 29.7 Å². The zero-order valence-electron chi connectivity index (χ0n) is 26.0. The Labute approximate surface area is 264 Å². The maximum atomic E-state index is 14.1. The number of aromatic nitrogens is 6. The first-order valence-electron chi connectivity index (χ1n) is 14.9. The van der Waals surface area contributed by atoms with E-state index < -0.39 is 66.2 Å². The average molecular weight is 669 g/mol. The normalized spacial score (nSPS) is 22.6. The van der Waals surface area contributed by atoms with Crippen LogP contribution in [0.15, 0.2) is 11.1 Å². The predicted molar refractivity (Wildman–Crippen MR) is 156 cm³/mol. The largest absolute Gasteiger partial charge is 0.504 e. The van der Waals surface area contributed by atoms with Crippen LogP contribution in [0.4, 0.5) is 33.6 Å². The summed E-state index contributed by atoms with van der Waals surface area (Å²) in [5.74, 6) is -6.07. The summed E-state index contributed by atoms with van der Waals surface area (Å²) in [6.07, 6.45) is -5.70. The van der Waals surface area contributed by atoms with Crippen LogP contribution in [-0.2, 0) is 17.8 Å². The number of carbonyl (C=O) groups is 2. The number of amides is 2. The highest BCUT2D eigenvalue weighted by Gasteiger charge is 2.84. The Kier molecular flexibility index (Phi) is 7.39. The summed E-state index contributed by atoms with van der Waals surface area (Å²) < 4.78 is 69.8. The molecule has 3 aromatic heterocycles. The van der Waals surface area contributed by atoms with E-state index in [2.05, 4.69) is 25.4 Å². The van der Waals surface area contributed by atoms with Gasteiger partial charge in [0.15, 0.2) is 11.4 Å². The molecule has 1 aliphatic heterocycles. The molecule has 4 fully saturated rings. The number of fused-ring (bicyclic) bond motifs is 1. The number of carbonyl (C=O) groups excluding carboxylic acids is 2. The van der Waals surface area contributed by atoms with Crippen LogP contribution in [0.2, 0.25) is 0 Å². The van der Waals surface area contributed by atoms with Crippen LogP contribution in [-0.4, -0.2) is 109 Å². The van der Waals surface area contributed by atoms with Gasteiger partial charge in [0.1, 0.15) is 18.6 Å². The summed E-state index contributed by atoms with van der Waals surface area (Å²) in [7, 11) is 3.33. The molecule has 4 aliphatic rings. The van der Waals surface area contributed by atoms with Crippen LogP contribution in [0.5, 0.6) is 5.75 Å². The first kappa shape index (κ1) is 32.4. The molecule has 3 aromatic rings. The van der Waals surface area contributed by atoms with Crippen LogP contribution >= 0.6 is 0 Å². The summed E-state index contributed by atoms with van der Waals surface area (Å²) in [5, 5.41) is 17.3. The Bertz CT molecular complexity index is 1810. The number of anilines is 2. The molecule has 0 spiro atoms. The average Bonchev–Trinajstić information content (AvgIpc) is 3.42. The maximum absolute atomic E-state index is 14.1. The van der Waals surface area contributed by atoms with Crippen LogP contribution in [0, 0.1) is 12.3 Å². The minimum atomic E-state index is -5.68. The van der Waals surface area contributed by atoms with Crippen molar-refractivity contribution in [2.45, 2.75) is 63.7 Å². The Balaban J connectivity index is 1.26. The van der Waals surface area contributed by atoms with Crippen LogP contribution in [0.25, 0.3) is 5.78 Å². The Morgan fingerprint density at radius 3 is 2.28 bits per heavy atom. The maximum Gasteiger partial charge on any atom is 0.453 e. The Morgan fingerprint density at radius 2 is 1.70 bits per heavy atom. The summed E-state index contributed by atoms with van der Waals surface area (Å²) >= 11 is 0. The SMILES string of the molecule is CCc1c(N2CCN(C(=O)c3ncnc(C)c3O)CC2)c(=O)n2nc(N(C)C)nc2n1CC(=O)NC12CC(C(F)(F)C(F)(F)F)(C1)C2. The monoisotopic (exact) mass is 668 g/mol. The third-order valence-electron chi connectivity index (χ3n) is 9.40. The Morgan fingerprint density at radius 1 is 1.06 bits per heavy atom. The highest BCUT2D eigenvalue weighted by molar-refractivity contribution is 5.95. The lowest BCUT2D eigenvalue weighted by atomic mass is 9.37. The number of rotatable bonds is 8. The summed E-state index contributed by atoms with van der Waals surface area (Å²) in [6.45, 7) is 3.69. The molecule has 3 aliphatic carbocycles. The van der Waals surface area contributed by atoms with Crippen molar-refractivity contribution in [2.75, 3.05) is 50.1 Å². The number of piperazine rings is 1. The summed E-state index contributed by atoms with van der Waals surface area (Å²) in [5.41, 5.74) is -3.10. The van der Waals surface area contributed by atoms with Gasteiger partial charge in [0.25, 0.3) is 11.5 Å². The highest BCUT2D eigenvalue weighted by atomic mass is 19.4. The number of nitrogens with one attached hydrogen (secondary N) is 1. The van der Waals surface area contributed by atoms with Gasteiger partial charge in [-0.05, 0) is 32.6 Å². The van der Waals surface area contributed by atoms with E-state index in [1.165, 1.54) is 15.8 Å². The van der Waals surface area contributed by atoms with E-state index in [0.29, 0.717) is 5.69 Å². The van der Waals surface area contributed by atoms with Gasteiger partial charge in [0.05, 0.1) is 16.8 Å². The van der Waals surface area contributed by atoms with E-state index in [4.69, 9.17) is 0 Å². The van der Waals surface area contributed by atoms with Crippen molar-refractivity contribution < 1.29 is 36.6 Å². The van der Waals surface area contributed by atoms with Crippen molar-refractivity contribution in [3.8, 4) is 5.75 Å². The van der Waals surface area contributed by atoms with Crippen LogP contribution in [0.1, 0.15) is 48.1 Å². The number of nitrogens with zero attached hydrogens (tertiary/aromatic N) is 9. The Hall–Kier alpha value is -4.58. The second kappa shape index (κ2) is 10.7. The zero-order chi connectivity index (χ0) is 34.3. The fourth-order valence-corrected chi connectivity index (χ4v) is 7.05. The van der Waals surface area contributed by atoms with E-state index in [1.807, 2.05) is 0 Å². The topological polar surface area (TPSA) is 154 Å². The lowest BCUT2D eigenvalue weighted by Gasteiger charge is -2.72. The third-order valence-corrected chi connectivity index (χ3v) is 9.40. The van der Waals surface area contributed by atoms with Gasteiger partial charge in [-0.25, -0.2) is 9.97 Å². The van der Waals surface area contributed by atoms with Gasteiger partial charge in [-0.15, -0.1) is 5.10 Å². The van der Waals surface area contributed by atoms with Crippen molar-refractivity contribution in [1.29, 1.82) is 0 Å². The standard InChI is InChI=1S/C28H33F5N10O4/c1-5-16-19(40-6-8-41(9-7-40)21(46)18-20(45)15(2)34-14-35-18)22(47)43-24(36-23(38-43)39(3)4)42(16)10-17(44)37-26-11-25(12-26,13-26)27(29,30)28(31,32)33/h14,45H,5-13H2,1-4H3,(H,37,44). The van der Waals surface area contributed by atoms with Crippen molar-refractivity contribution in [3.05, 3.63) is 33.8 Å². The first-order valence-corrected chi connectivity index (χ1v) is 14.9. The van der Waals surface area contributed by atoms with Crippen LogP contribution in [0.3, 0.4) is 0 Å². The van der Waals surface area contributed by atoms with Gasteiger partial charge in [0.2, 0.25) is 17.6 Å². The fraction of sp³-hybridized carbons (Fsp3) is 0.607. The third kappa shape index (κ3) is 4.92. The van der Waals surface area contributed by atoms with E-state index in [0.717, 1.165) is 4.52 Å². The second-order valence-electron chi connectivity index (χ2n) is 12.7. The van der Waals surface area contributed by atoms with Gasteiger partial charge in [-0.1, -0.05) is 6.92 Å². The van der Waals surface area contributed by atoms with Gasteiger partial charge in [-0.2, -0.15) is 31.5 Å². The molecular weight excluding hydrogens is 635 g/mol. The molecule has 14 nitrogen and oxygen atoms in total. The summed E-state index contributed by atoms with van der Waals surface area (Å²) in [4.78, 5) is 57.4. The van der Waals surface area contributed by atoms with Crippen LogP contribution < -0.4 is 20.7 Å². The van der Waals surface area contributed by atoms with Crippen molar-refractivity contribution in [1.82, 2.24) is 39.3 Å². The molecule has 2 bridgehead atoms. The lowest BCUT2D eigenvalue weighted by Crippen LogP contribution is -2.81. The van der Waals surface area contributed by atoms with E-state index in [9.17, 15) is 41.4 Å². The molecule has 7 rings (SSSR count). The molecule has 2 N–H and O–H groups in total. The molecule has 1 saturated heterocycles. The number of hydrogen-bond donors (Lipinski definition) is 2. The lowest BCUT2D eigenvalue weighted by molar-refractivity contribution is -0.387. The number of hydrogen-bond acceptors (Lipinski definition) is 10. The molecule has 19 heteroatoms.